The molecule has 18 heavy (non-hydrogen) atoms. The van der Waals surface area contributed by atoms with Gasteiger partial charge in [-0.05, 0) is 12.3 Å². The van der Waals surface area contributed by atoms with Crippen LogP contribution in [0.2, 0.25) is 0 Å². The van der Waals surface area contributed by atoms with Crippen molar-refractivity contribution in [3.63, 3.8) is 0 Å². The number of hydrogen-bond acceptors (Lipinski definition) is 3. The molecular weight excluding hydrogens is 252 g/mol. The molecule has 0 rings (SSSR count). The van der Waals surface area contributed by atoms with Gasteiger partial charge in [0.2, 0.25) is 0 Å². The summed E-state index contributed by atoms with van der Waals surface area (Å²) in [5.74, 6) is 0.447. The molecule has 0 aromatic carbocycles. The van der Waals surface area contributed by atoms with Gasteiger partial charge in [-0.2, -0.15) is 8.42 Å². The SMILES string of the molecule is CCCCCCCCCC(C)CCOS(=O)(=O)O. The third-order valence-electron chi connectivity index (χ3n) is 3.14. The predicted molar refractivity (Wildman–Crippen MR) is 73.9 cm³/mol. The molecule has 0 aliphatic rings. The van der Waals surface area contributed by atoms with Gasteiger partial charge in [0, 0.05) is 0 Å². The molecule has 1 N–H and O–H groups in total. The molecule has 0 saturated carbocycles. The lowest BCUT2D eigenvalue weighted by molar-refractivity contribution is 0.245. The second kappa shape index (κ2) is 10.8. The van der Waals surface area contributed by atoms with E-state index in [-0.39, 0.29) is 6.61 Å². The molecule has 5 heteroatoms. The molecule has 0 saturated heterocycles. The van der Waals surface area contributed by atoms with Gasteiger partial charge in [-0.15, -0.1) is 0 Å². The first kappa shape index (κ1) is 17.9. The smallest absolute Gasteiger partial charge is 0.264 e. The Morgan fingerprint density at radius 2 is 1.56 bits per heavy atom. The third-order valence-corrected chi connectivity index (χ3v) is 3.61. The lowest BCUT2D eigenvalue weighted by Crippen LogP contribution is -2.08. The highest BCUT2D eigenvalue weighted by Crippen LogP contribution is 2.15. The summed E-state index contributed by atoms with van der Waals surface area (Å²) in [6.07, 6.45) is 10.8. The first-order valence-electron chi connectivity index (χ1n) is 7.07. The van der Waals surface area contributed by atoms with Crippen LogP contribution in [0.15, 0.2) is 0 Å². The van der Waals surface area contributed by atoms with Gasteiger partial charge < -0.3 is 0 Å². The molecule has 0 aromatic rings. The largest absolute Gasteiger partial charge is 0.397 e. The Morgan fingerprint density at radius 1 is 1.00 bits per heavy atom. The van der Waals surface area contributed by atoms with E-state index in [9.17, 15) is 8.42 Å². The van der Waals surface area contributed by atoms with Crippen molar-refractivity contribution in [1.82, 2.24) is 0 Å². The molecule has 110 valence electrons. The van der Waals surface area contributed by atoms with Crippen LogP contribution in [0, 0.1) is 5.92 Å². The van der Waals surface area contributed by atoms with Crippen LogP contribution in [-0.4, -0.2) is 19.6 Å². The van der Waals surface area contributed by atoms with Crippen LogP contribution in [0.5, 0.6) is 0 Å². The molecule has 0 spiro atoms. The summed E-state index contributed by atoms with van der Waals surface area (Å²) in [4.78, 5) is 0. The van der Waals surface area contributed by atoms with Crippen LogP contribution < -0.4 is 0 Å². The van der Waals surface area contributed by atoms with Crippen LogP contribution >= 0.6 is 0 Å². The van der Waals surface area contributed by atoms with Crippen molar-refractivity contribution in [2.45, 2.75) is 71.6 Å². The minimum absolute atomic E-state index is 0.0799. The summed E-state index contributed by atoms with van der Waals surface area (Å²) in [6.45, 7) is 4.39. The van der Waals surface area contributed by atoms with Gasteiger partial charge in [0.05, 0.1) is 6.61 Å². The maximum absolute atomic E-state index is 10.3. The van der Waals surface area contributed by atoms with Gasteiger partial charge in [-0.25, -0.2) is 4.18 Å². The van der Waals surface area contributed by atoms with Crippen LogP contribution in [0.3, 0.4) is 0 Å². The van der Waals surface area contributed by atoms with E-state index in [1.165, 1.54) is 44.9 Å². The minimum Gasteiger partial charge on any atom is -0.264 e. The van der Waals surface area contributed by atoms with E-state index in [0.717, 1.165) is 6.42 Å². The summed E-state index contributed by atoms with van der Waals surface area (Å²) < 4.78 is 33.4. The number of unbranched alkanes of at least 4 members (excludes halogenated alkanes) is 6. The zero-order chi connectivity index (χ0) is 13.9. The van der Waals surface area contributed by atoms with E-state index in [4.69, 9.17) is 4.55 Å². The van der Waals surface area contributed by atoms with Crippen molar-refractivity contribution >= 4 is 10.4 Å². The fourth-order valence-corrected chi connectivity index (χ4v) is 2.26. The van der Waals surface area contributed by atoms with Gasteiger partial charge in [0.15, 0.2) is 0 Å². The van der Waals surface area contributed by atoms with E-state index in [0.29, 0.717) is 12.3 Å². The van der Waals surface area contributed by atoms with E-state index in [1.807, 2.05) is 0 Å². The van der Waals surface area contributed by atoms with E-state index in [1.54, 1.807) is 0 Å². The molecule has 0 aliphatic carbocycles. The summed E-state index contributed by atoms with van der Waals surface area (Å²) in [6, 6.07) is 0. The highest BCUT2D eigenvalue weighted by molar-refractivity contribution is 7.80. The van der Waals surface area contributed by atoms with Crippen molar-refractivity contribution in [1.29, 1.82) is 0 Å². The van der Waals surface area contributed by atoms with Crippen molar-refractivity contribution in [3.05, 3.63) is 0 Å². The second-order valence-electron chi connectivity index (χ2n) is 5.05. The van der Waals surface area contributed by atoms with Crippen LogP contribution in [-0.2, 0) is 14.6 Å². The number of rotatable bonds is 12. The van der Waals surface area contributed by atoms with Gasteiger partial charge in [0.25, 0.3) is 0 Å². The molecule has 0 radical (unpaired) electrons. The Kier molecular flexibility index (Phi) is 10.7. The molecule has 1 unspecified atom stereocenters. The molecule has 0 amide bonds. The molecule has 4 nitrogen and oxygen atoms in total. The maximum atomic E-state index is 10.3. The summed E-state index contributed by atoms with van der Waals surface area (Å²) >= 11 is 0. The van der Waals surface area contributed by atoms with Crippen molar-refractivity contribution in [3.8, 4) is 0 Å². The van der Waals surface area contributed by atoms with E-state index >= 15 is 0 Å². The minimum atomic E-state index is -4.26. The standard InChI is InChI=1S/C13H28O4S/c1-3-4-5-6-7-8-9-10-13(2)11-12-17-18(14,15)16/h13H,3-12H2,1-2H3,(H,14,15,16). The molecular formula is C13H28O4S. The Morgan fingerprint density at radius 3 is 2.11 bits per heavy atom. The Balaban J connectivity index is 3.29. The zero-order valence-corrected chi connectivity index (χ0v) is 12.5. The molecule has 0 fully saturated rings. The predicted octanol–water partition coefficient (Wildman–Crippen LogP) is 3.97. The Bertz CT molecular complexity index is 275. The average molecular weight is 280 g/mol. The van der Waals surface area contributed by atoms with Gasteiger partial charge >= 0.3 is 10.4 Å². The average Bonchev–Trinajstić information content (AvgIpc) is 2.26. The van der Waals surface area contributed by atoms with Gasteiger partial charge in [-0.3, -0.25) is 4.55 Å². The molecule has 1 atom stereocenters. The first-order valence-corrected chi connectivity index (χ1v) is 8.44. The number of hydrogen-bond donors (Lipinski definition) is 1. The third kappa shape index (κ3) is 13.9. The summed E-state index contributed by atoms with van der Waals surface area (Å²) in [5, 5.41) is 0. The van der Waals surface area contributed by atoms with Crippen LogP contribution in [0.4, 0.5) is 0 Å². The van der Waals surface area contributed by atoms with Crippen molar-refractivity contribution < 1.29 is 17.2 Å². The lowest BCUT2D eigenvalue weighted by atomic mass is 9.99. The van der Waals surface area contributed by atoms with Crippen LogP contribution in [0.25, 0.3) is 0 Å². The Hall–Kier alpha value is -0.130. The summed E-state index contributed by atoms with van der Waals surface area (Å²) in [7, 11) is -4.26. The fraction of sp³-hybridized carbons (Fsp3) is 1.00. The molecule has 0 bridgehead atoms. The topological polar surface area (TPSA) is 63.6 Å². The molecule has 0 aromatic heterocycles. The van der Waals surface area contributed by atoms with Gasteiger partial charge in [0.1, 0.15) is 0 Å². The van der Waals surface area contributed by atoms with Crippen molar-refractivity contribution in [2.75, 3.05) is 6.61 Å². The van der Waals surface area contributed by atoms with Gasteiger partial charge in [-0.1, -0.05) is 65.2 Å². The Labute approximate surface area is 112 Å². The van der Waals surface area contributed by atoms with Crippen molar-refractivity contribution in [2.24, 2.45) is 5.92 Å². The van der Waals surface area contributed by atoms with Crippen LogP contribution in [0.1, 0.15) is 71.6 Å². The first-order chi connectivity index (χ1) is 8.45. The lowest BCUT2D eigenvalue weighted by Gasteiger charge is -2.10. The second-order valence-corrected chi connectivity index (χ2v) is 6.14. The normalized spacial score (nSPS) is 13.7. The monoisotopic (exact) mass is 280 g/mol. The fourth-order valence-electron chi connectivity index (χ4n) is 1.95. The zero-order valence-electron chi connectivity index (χ0n) is 11.7. The molecule has 0 aliphatic heterocycles. The van der Waals surface area contributed by atoms with E-state index in [2.05, 4.69) is 18.0 Å². The maximum Gasteiger partial charge on any atom is 0.397 e. The molecule has 0 heterocycles. The summed E-state index contributed by atoms with van der Waals surface area (Å²) in [5.41, 5.74) is 0. The highest BCUT2D eigenvalue weighted by atomic mass is 32.3. The van der Waals surface area contributed by atoms with E-state index < -0.39 is 10.4 Å². The quantitative estimate of drug-likeness (QED) is 0.434. The highest BCUT2D eigenvalue weighted by Gasteiger charge is 2.07.